The largest absolute Gasteiger partial charge is 0.479 e. The summed E-state index contributed by atoms with van der Waals surface area (Å²) in [7, 11) is 0. The molecule has 0 fully saturated rings. The van der Waals surface area contributed by atoms with Crippen LogP contribution in [0.5, 0.6) is 0 Å². The number of hydrogen-bond acceptors (Lipinski definition) is 5. The monoisotopic (exact) mass is 177 g/mol. The zero-order valence-electron chi connectivity index (χ0n) is 7.36. The van der Waals surface area contributed by atoms with Crippen molar-refractivity contribution in [3.8, 4) is 0 Å². The molecular weight excluding hydrogens is 162 g/mol. The van der Waals surface area contributed by atoms with Crippen molar-refractivity contribution in [2.75, 3.05) is 19.8 Å². The predicted octanol–water partition coefficient (Wildman–Crippen LogP) is -0.274. The molecule has 72 valence electrons. The lowest BCUT2D eigenvalue weighted by atomic mass is 10.4. The molecule has 0 aliphatic heterocycles. The number of nitrogens with zero attached hydrogens (tertiary/aromatic N) is 1. The van der Waals surface area contributed by atoms with Crippen LogP contribution in [0.15, 0.2) is 5.16 Å². The summed E-state index contributed by atoms with van der Waals surface area (Å²) in [5.41, 5.74) is 0. The topological polar surface area (TPSA) is 71.3 Å². The molecule has 0 spiro atoms. The van der Waals surface area contributed by atoms with E-state index in [1.54, 1.807) is 6.92 Å². The van der Waals surface area contributed by atoms with Crippen molar-refractivity contribution >= 4 is 5.90 Å². The molecule has 0 aliphatic rings. The molecule has 1 atom stereocenters. The molecule has 0 amide bonds. The first-order valence-corrected chi connectivity index (χ1v) is 3.79. The highest BCUT2D eigenvalue weighted by Crippen LogP contribution is 1.87. The third-order valence-electron chi connectivity index (χ3n) is 1.02. The first-order valence-electron chi connectivity index (χ1n) is 3.79. The van der Waals surface area contributed by atoms with E-state index in [-0.39, 0.29) is 13.2 Å². The van der Waals surface area contributed by atoms with Crippen LogP contribution in [0.25, 0.3) is 0 Å². The minimum Gasteiger partial charge on any atom is -0.479 e. The first-order chi connectivity index (χ1) is 5.70. The Kier molecular flexibility index (Phi) is 6.41. The highest BCUT2D eigenvalue weighted by molar-refractivity contribution is 5.72. The van der Waals surface area contributed by atoms with E-state index >= 15 is 0 Å². The van der Waals surface area contributed by atoms with Crippen LogP contribution in [-0.4, -0.2) is 42.0 Å². The fraction of sp³-hybridized carbons (Fsp3) is 0.857. The van der Waals surface area contributed by atoms with E-state index < -0.39 is 6.10 Å². The van der Waals surface area contributed by atoms with E-state index in [0.717, 1.165) is 0 Å². The summed E-state index contributed by atoms with van der Waals surface area (Å²) in [5, 5.41) is 20.7. The molecule has 0 aromatic rings. The summed E-state index contributed by atoms with van der Waals surface area (Å²) in [5.74, 6) is 0.405. The molecule has 0 saturated heterocycles. The minimum atomic E-state index is -0.886. The Morgan fingerprint density at radius 2 is 2.25 bits per heavy atom. The van der Waals surface area contributed by atoms with Crippen molar-refractivity contribution in [2.45, 2.75) is 20.0 Å². The van der Waals surface area contributed by atoms with Crippen LogP contribution in [0.1, 0.15) is 13.8 Å². The van der Waals surface area contributed by atoms with Crippen LogP contribution in [0.2, 0.25) is 0 Å². The summed E-state index contributed by atoms with van der Waals surface area (Å²) >= 11 is 0. The maximum atomic E-state index is 8.82. The number of rotatable bonds is 5. The van der Waals surface area contributed by atoms with Crippen molar-refractivity contribution in [1.82, 2.24) is 0 Å². The maximum Gasteiger partial charge on any atom is 0.222 e. The van der Waals surface area contributed by atoms with Gasteiger partial charge in [-0.25, -0.2) is 0 Å². The molecule has 0 aromatic carbocycles. The summed E-state index contributed by atoms with van der Waals surface area (Å²) < 4.78 is 4.94. The van der Waals surface area contributed by atoms with Gasteiger partial charge < -0.3 is 19.8 Å². The molecule has 1 unspecified atom stereocenters. The average Bonchev–Trinajstić information content (AvgIpc) is 2.04. The van der Waals surface area contributed by atoms with Gasteiger partial charge in [-0.2, -0.15) is 0 Å². The quantitative estimate of drug-likeness (QED) is 0.344. The fourth-order valence-electron chi connectivity index (χ4n) is 0.502. The van der Waals surface area contributed by atoms with Gasteiger partial charge in [0.05, 0.1) is 13.2 Å². The summed E-state index contributed by atoms with van der Waals surface area (Å²) in [6, 6.07) is 0. The number of oxime groups is 1. The highest BCUT2D eigenvalue weighted by Gasteiger charge is 2.00. The zero-order valence-corrected chi connectivity index (χ0v) is 7.36. The van der Waals surface area contributed by atoms with Gasteiger partial charge in [0.25, 0.3) is 0 Å². The second kappa shape index (κ2) is 6.87. The van der Waals surface area contributed by atoms with Crippen LogP contribution in [0, 0.1) is 0 Å². The van der Waals surface area contributed by atoms with Crippen molar-refractivity contribution in [3.05, 3.63) is 0 Å². The lowest BCUT2D eigenvalue weighted by Crippen LogP contribution is -2.18. The van der Waals surface area contributed by atoms with Crippen LogP contribution >= 0.6 is 0 Å². The Morgan fingerprint density at radius 3 is 2.75 bits per heavy atom. The van der Waals surface area contributed by atoms with Gasteiger partial charge in [0.15, 0.2) is 0 Å². The average molecular weight is 177 g/mol. The Labute approximate surface area is 71.6 Å². The fourth-order valence-corrected chi connectivity index (χ4v) is 0.502. The van der Waals surface area contributed by atoms with Crippen molar-refractivity contribution in [3.63, 3.8) is 0 Å². The Bertz CT molecular complexity index is 137. The molecule has 0 rings (SSSR count). The van der Waals surface area contributed by atoms with E-state index in [1.807, 2.05) is 6.92 Å². The third-order valence-corrected chi connectivity index (χ3v) is 1.02. The Morgan fingerprint density at radius 1 is 1.58 bits per heavy atom. The van der Waals surface area contributed by atoms with Gasteiger partial charge in [0.2, 0.25) is 5.90 Å². The minimum absolute atomic E-state index is 0.0269. The number of ether oxygens (including phenoxy) is 1. The summed E-state index contributed by atoms with van der Waals surface area (Å²) in [6.07, 6.45) is -0.886. The standard InChI is InChI=1S/C7H15NO4/c1-3-11-6(2)8-12-5-7(10)4-9/h7,9-10H,3-5H2,1-2H3. The molecule has 0 aromatic heterocycles. The molecule has 0 saturated carbocycles. The highest BCUT2D eigenvalue weighted by atomic mass is 16.7. The SMILES string of the molecule is CCOC(C)=NOCC(O)CO. The molecule has 5 nitrogen and oxygen atoms in total. The molecule has 0 aliphatic carbocycles. The lowest BCUT2D eigenvalue weighted by molar-refractivity contribution is 0.00594. The van der Waals surface area contributed by atoms with Gasteiger partial charge in [-0.15, -0.1) is 0 Å². The van der Waals surface area contributed by atoms with Crippen LogP contribution in [-0.2, 0) is 9.57 Å². The van der Waals surface area contributed by atoms with Crippen LogP contribution in [0.3, 0.4) is 0 Å². The third kappa shape index (κ3) is 5.94. The lowest BCUT2D eigenvalue weighted by Gasteiger charge is -2.05. The number of hydrogen-bond donors (Lipinski definition) is 2. The van der Waals surface area contributed by atoms with Gasteiger partial charge in [-0.1, -0.05) is 5.16 Å². The van der Waals surface area contributed by atoms with Gasteiger partial charge in [0.1, 0.15) is 12.7 Å². The van der Waals surface area contributed by atoms with Crippen LogP contribution < -0.4 is 0 Å². The molecule has 5 heteroatoms. The normalized spacial score (nSPS) is 14.2. The van der Waals surface area contributed by atoms with E-state index in [2.05, 4.69) is 9.99 Å². The van der Waals surface area contributed by atoms with Gasteiger partial charge in [0, 0.05) is 6.92 Å². The number of aliphatic hydroxyl groups excluding tert-OH is 2. The van der Waals surface area contributed by atoms with E-state index in [4.69, 9.17) is 14.9 Å². The maximum absolute atomic E-state index is 8.82. The van der Waals surface area contributed by atoms with Crippen molar-refractivity contribution < 1.29 is 19.8 Å². The molecule has 0 heterocycles. The molecule has 2 N–H and O–H groups in total. The van der Waals surface area contributed by atoms with Crippen LogP contribution in [0.4, 0.5) is 0 Å². The smallest absolute Gasteiger partial charge is 0.222 e. The summed E-state index contributed by atoms with van der Waals surface area (Å²) in [4.78, 5) is 4.65. The van der Waals surface area contributed by atoms with E-state index in [9.17, 15) is 0 Å². The summed E-state index contributed by atoms with van der Waals surface area (Å²) in [6.45, 7) is 3.65. The second-order valence-electron chi connectivity index (χ2n) is 2.18. The van der Waals surface area contributed by atoms with Crippen molar-refractivity contribution in [1.29, 1.82) is 0 Å². The molecule has 0 radical (unpaired) electrons. The zero-order chi connectivity index (χ0) is 9.40. The molecular formula is C7H15NO4. The van der Waals surface area contributed by atoms with Crippen molar-refractivity contribution in [2.24, 2.45) is 5.16 Å². The molecule has 0 bridgehead atoms. The Hall–Kier alpha value is -0.810. The van der Waals surface area contributed by atoms with Gasteiger partial charge >= 0.3 is 0 Å². The number of aliphatic hydroxyl groups is 2. The second-order valence-corrected chi connectivity index (χ2v) is 2.18. The first kappa shape index (κ1) is 11.2. The van der Waals surface area contributed by atoms with Gasteiger partial charge in [-0.05, 0) is 6.92 Å². The predicted molar refractivity (Wildman–Crippen MR) is 43.8 cm³/mol. The van der Waals surface area contributed by atoms with E-state index in [1.165, 1.54) is 0 Å². The van der Waals surface area contributed by atoms with E-state index in [0.29, 0.717) is 12.5 Å². The van der Waals surface area contributed by atoms with Gasteiger partial charge in [-0.3, -0.25) is 0 Å². The molecule has 12 heavy (non-hydrogen) atoms. The Balaban J connectivity index is 3.45.